The second-order valence-electron chi connectivity index (χ2n) is 15.8. The first kappa shape index (κ1) is 54.6. The van der Waals surface area contributed by atoms with E-state index in [0.29, 0.717) is 13.0 Å². The number of hydrogen-bond donors (Lipinski definition) is 1. The highest BCUT2D eigenvalue weighted by molar-refractivity contribution is 5.69. The van der Waals surface area contributed by atoms with E-state index in [1.165, 1.54) is 135 Å². The zero-order chi connectivity index (χ0) is 41.2. The molecule has 1 atom stereocenters. The second-order valence-corrected chi connectivity index (χ2v) is 15.8. The number of aliphatic hydroxyl groups is 1. The van der Waals surface area contributed by atoms with Crippen LogP contribution in [0.25, 0.3) is 0 Å². The lowest BCUT2D eigenvalue weighted by molar-refractivity contribution is -0.154. The maximum atomic E-state index is 12.3. The molecule has 0 rings (SSSR count). The summed E-state index contributed by atoms with van der Waals surface area (Å²) in [7, 11) is 0. The number of aliphatic hydroxyl groups excluding tert-OH is 1. The molecule has 0 aliphatic carbocycles. The number of ether oxygens (including phenoxy) is 2. The van der Waals surface area contributed by atoms with E-state index in [9.17, 15) is 9.90 Å². The van der Waals surface area contributed by atoms with Crippen molar-refractivity contribution in [2.45, 2.75) is 225 Å². The summed E-state index contributed by atoms with van der Waals surface area (Å²) in [6, 6.07) is 0. The summed E-state index contributed by atoms with van der Waals surface area (Å²) in [5, 5.41) is 9.64. The zero-order valence-electron chi connectivity index (χ0n) is 37.6. The molecule has 328 valence electrons. The van der Waals surface area contributed by atoms with Gasteiger partial charge in [-0.05, 0) is 89.9 Å². The summed E-state index contributed by atoms with van der Waals surface area (Å²) in [5.74, 6) is -0.208. The Kier molecular flexibility index (Phi) is 47.6. The summed E-state index contributed by atoms with van der Waals surface area (Å²) in [6.45, 7) is 5.19. The van der Waals surface area contributed by atoms with Crippen LogP contribution in [0.15, 0.2) is 85.1 Å². The molecule has 0 bridgehead atoms. The third kappa shape index (κ3) is 47.8. The first-order chi connectivity index (χ1) is 28.2. The monoisotopic (exact) mass is 793 g/mol. The molecule has 0 aliphatic heterocycles. The summed E-state index contributed by atoms with van der Waals surface area (Å²) in [6.07, 6.45) is 69.4. The van der Waals surface area contributed by atoms with Crippen molar-refractivity contribution in [3.8, 4) is 0 Å². The van der Waals surface area contributed by atoms with Gasteiger partial charge in [0.15, 0.2) is 0 Å². The molecule has 0 amide bonds. The number of rotatable bonds is 44. The molecule has 0 aromatic rings. The molecular weight excluding hydrogens is 701 g/mol. The van der Waals surface area contributed by atoms with Crippen molar-refractivity contribution >= 4 is 5.97 Å². The lowest BCUT2D eigenvalue weighted by Crippen LogP contribution is -2.27. The molecule has 0 fully saturated rings. The van der Waals surface area contributed by atoms with Crippen LogP contribution in [-0.2, 0) is 14.3 Å². The molecule has 1 N–H and O–H groups in total. The van der Waals surface area contributed by atoms with E-state index >= 15 is 0 Å². The van der Waals surface area contributed by atoms with Crippen LogP contribution < -0.4 is 0 Å². The van der Waals surface area contributed by atoms with Crippen molar-refractivity contribution in [2.24, 2.45) is 0 Å². The molecule has 1 unspecified atom stereocenters. The Hall–Kier alpha value is -2.43. The van der Waals surface area contributed by atoms with E-state index in [1.54, 1.807) is 0 Å². The van der Waals surface area contributed by atoms with Gasteiger partial charge in [0.05, 0.1) is 13.2 Å². The van der Waals surface area contributed by atoms with Gasteiger partial charge in [0.2, 0.25) is 0 Å². The van der Waals surface area contributed by atoms with Gasteiger partial charge in [0.25, 0.3) is 0 Å². The van der Waals surface area contributed by atoms with E-state index in [2.05, 4.69) is 98.9 Å². The number of carbonyl (C=O) groups is 1. The molecule has 0 aliphatic rings. The third-order valence-corrected chi connectivity index (χ3v) is 10.2. The average molecular weight is 793 g/mol. The summed E-state index contributed by atoms with van der Waals surface area (Å²) < 4.78 is 11.2. The first-order valence-corrected chi connectivity index (χ1v) is 24.2. The Morgan fingerprint density at radius 2 is 0.789 bits per heavy atom. The molecule has 0 saturated carbocycles. The number of hydrogen-bond acceptors (Lipinski definition) is 4. The quantitative estimate of drug-likeness (QED) is 0.0379. The van der Waals surface area contributed by atoms with Crippen LogP contribution in [0, 0.1) is 0 Å². The summed E-state index contributed by atoms with van der Waals surface area (Å²) >= 11 is 0. The minimum Gasteiger partial charge on any atom is -0.457 e. The smallest absolute Gasteiger partial charge is 0.306 e. The largest absolute Gasteiger partial charge is 0.457 e. The van der Waals surface area contributed by atoms with Gasteiger partial charge in [0.1, 0.15) is 6.10 Å². The van der Waals surface area contributed by atoms with Crippen LogP contribution in [-0.4, -0.2) is 37.0 Å². The van der Waals surface area contributed by atoms with Crippen molar-refractivity contribution in [3.05, 3.63) is 85.1 Å². The Balaban J connectivity index is 3.46. The second kappa shape index (κ2) is 49.7. The highest BCUT2D eigenvalue weighted by Crippen LogP contribution is 2.14. The standard InChI is InChI=1S/C53H92O4/c1-3-5-7-9-11-13-15-17-19-21-23-25-26-27-28-29-30-32-34-36-38-40-42-44-46-48-53(55)57-52(50-54)51-56-49-47-45-43-41-39-37-35-33-31-24-22-20-18-16-14-12-10-8-6-4-2/h5,7,11-14,17-20,23-25,31,52,54H,3-4,6,8-10,15-16,21-22,26-30,32-51H2,1-2H3/b7-5-,13-11-,14-12-,19-17-,20-18-,25-23-,31-24-. The van der Waals surface area contributed by atoms with E-state index in [-0.39, 0.29) is 19.2 Å². The lowest BCUT2D eigenvalue weighted by Gasteiger charge is -2.16. The van der Waals surface area contributed by atoms with Crippen molar-refractivity contribution in [1.82, 2.24) is 0 Å². The van der Waals surface area contributed by atoms with Gasteiger partial charge in [0, 0.05) is 13.0 Å². The van der Waals surface area contributed by atoms with Gasteiger partial charge < -0.3 is 14.6 Å². The molecule has 57 heavy (non-hydrogen) atoms. The van der Waals surface area contributed by atoms with Crippen LogP contribution in [0.1, 0.15) is 219 Å². The number of unbranched alkanes of at least 4 members (excludes halogenated alkanes) is 22. The van der Waals surface area contributed by atoms with E-state index in [1.807, 2.05) is 0 Å². The van der Waals surface area contributed by atoms with Gasteiger partial charge in [-0.25, -0.2) is 0 Å². The Labute approximate surface area is 354 Å². The molecule has 0 aromatic heterocycles. The number of allylic oxidation sites excluding steroid dienone is 14. The molecule has 0 saturated heterocycles. The summed E-state index contributed by atoms with van der Waals surface area (Å²) in [4.78, 5) is 12.3. The van der Waals surface area contributed by atoms with Crippen LogP contribution in [0.3, 0.4) is 0 Å². The zero-order valence-corrected chi connectivity index (χ0v) is 37.6. The maximum absolute atomic E-state index is 12.3. The van der Waals surface area contributed by atoms with Crippen LogP contribution in [0.4, 0.5) is 0 Å². The van der Waals surface area contributed by atoms with Crippen LogP contribution in [0.2, 0.25) is 0 Å². The predicted molar refractivity (Wildman–Crippen MR) is 251 cm³/mol. The molecule has 4 nitrogen and oxygen atoms in total. The van der Waals surface area contributed by atoms with Crippen molar-refractivity contribution in [1.29, 1.82) is 0 Å². The Bertz CT molecular complexity index is 1020. The third-order valence-electron chi connectivity index (χ3n) is 10.2. The molecule has 0 spiro atoms. The minimum atomic E-state index is -0.546. The molecule has 0 aromatic carbocycles. The molecule has 4 heteroatoms. The topological polar surface area (TPSA) is 55.8 Å². The molecule has 0 heterocycles. The highest BCUT2D eigenvalue weighted by Gasteiger charge is 2.13. The van der Waals surface area contributed by atoms with Gasteiger partial charge in [-0.15, -0.1) is 0 Å². The Morgan fingerprint density at radius 3 is 1.19 bits per heavy atom. The number of carbonyl (C=O) groups excluding carboxylic acids is 1. The maximum Gasteiger partial charge on any atom is 0.306 e. The van der Waals surface area contributed by atoms with Crippen molar-refractivity contribution < 1.29 is 19.4 Å². The molecular formula is C53H92O4. The summed E-state index contributed by atoms with van der Waals surface area (Å²) in [5.41, 5.74) is 0. The first-order valence-electron chi connectivity index (χ1n) is 24.2. The fraction of sp³-hybridized carbons (Fsp3) is 0.717. The van der Waals surface area contributed by atoms with Crippen molar-refractivity contribution in [2.75, 3.05) is 19.8 Å². The van der Waals surface area contributed by atoms with E-state index in [0.717, 1.165) is 64.2 Å². The predicted octanol–water partition coefficient (Wildman–Crippen LogP) is 16.3. The van der Waals surface area contributed by atoms with E-state index < -0.39 is 6.10 Å². The highest BCUT2D eigenvalue weighted by atomic mass is 16.6. The molecule has 0 radical (unpaired) electrons. The van der Waals surface area contributed by atoms with Crippen LogP contribution >= 0.6 is 0 Å². The van der Waals surface area contributed by atoms with Gasteiger partial charge in [-0.1, -0.05) is 208 Å². The Morgan fingerprint density at radius 1 is 0.439 bits per heavy atom. The van der Waals surface area contributed by atoms with Crippen LogP contribution in [0.5, 0.6) is 0 Å². The SMILES string of the molecule is CC/C=C\C/C=C\C/C=C\C/C=C\CCCCCCCCCCCCCCC(=O)OC(CO)COCCCCCCCCC/C=C\C/C=C\C/C=C\CCCCC. The van der Waals surface area contributed by atoms with Gasteiger partial charge >= 0.3 is 5.97 Å². The van der Waals surface area contributed by atoms with Crippen molar-refractivity contribution in [3.63, 3.8) is 0 Å². The average Bonchev–Trinajstić information content (AvgIpc) is 3.22. The number of esters is 1. The normalized spacial score (nSPS) is 13.1. The fourth-order valence-corrected chi connectivity index (χ4v) is 6.62. The van der Waals surface area contributed by atoms with Gasteiger partial charge in [-0.3, -0.25) is 4.79 Å². The lowest BCUT2D eigenvalue weighted by atomic mass is 10.0. The van der Waals surface area contributed by atoms with Gasteiger partial charge in [-0.2, -0.15) is 0 Å². The minimum absolute atomic E-state index is 0.180. The fourth-order valence-electron chi connectivity index (χ4n) is 6.62. The van der Waals surface area contributed by atoms with E-state index in [4.69, 9.17) is 9.47 Å².